The molecular weight excluding hydrogens is 409 g/mol. The molecule has 0 saturated carbocycles. The molecule has 5 nitrogen and oxygen atoms in total. The number of carbonyl (C=O) groups excluding carboxylic acids is 2. The van der Waals surface area contributed by atoms with E-state index in [1.807, 2.05) is 11.8 Å². The van der Waals surface area contributed by atoms with Crippen LogP contribution in [-0.2, 0) is 11.0 Å². The fourth-order valence-corrected chi connectivity index (χ4v) is 3.52. The number of ketones is 1. The number of anilines is 1. The first-order valence-electron chi connectivity index (χ1n) is 10.2. The summed E-state index contributed by atoms with van der Waals surface area (Å²) in [5.41, 5.74) is 0.342. The highest BCUT2D eigenvalue weighted by molar-refractivity contribution is 5.98. The fourth-order valence-electron chi connectivity index (χ4n) is 3.52. The van der Waals surface area contributed by atoms with Crippen LogP contribution in [0.1, 0.15) is 35.7 Å². The molecule has 1 heterocycles. The van der Waals surface area contributed by atoms with Crippen LogP contribution in [0, 0.1) is 0 Å². The van der Waals surface area contributed by atoms with E-state index in [1.165, 1.54) is 6.07 Å². The maximum Gasteiger partial charge on any atom is 0.416 e. The topological polar surface area (TPSA) is 49.9 Å². The number of hydrogen-bond donors (Lipinski definition) is 0. The molecule has 31 heavy (non-hydrogen) atoms. The lowest BCUT2D eigenvalue weighted by Gasteiger charge is -2.36. The number of amides is 1. The van der Waals surface area contributed by atoms with Crippen LogP contribution in [0.25, 0.3) is 0 Å². The van der Waals surface area contributed by atoms with Gasteiger partial charge < -0.3 is 14.5 Å². The van der Waals surface area contributed by atoms with Crippen molar-refractivity contribution in [3.05, 3.63) is 59.7 Å². The van der Waals surface area contributed by atoms with Crippen LogP contribution in [0.5, 0.6) is 5.75 Å². The summed E-state index contributed by atoms with van der Waals surface area (Å²) in [6.45, 7) is 4.13. The van der Waals surface area contributed by atoms with Gasteiger partial charge >= 0.3 is 6.18 Å². The Labute approximate surface area is 179 Å². The van der Waals surface area contributed by atoms with Gasteiger partial charge in [0.2, 0.25) is 5.91 Å². The third-order valence-electron chi connectivity index (χ3n) is 5.22. The monoisotopic (exact) mass is 434 g/mol. The standard InChI is InChI=1S/C23H25F3N2O3/c1-2-31-20-8-6-17(7-9-20)21(29)10-11-22(30)28-14-12-27(13-15-28)19-5-3-4-18(16-19)23(24,25)26/h3-9,16H,2,10-15H2,1H3. The number of ether oxygens (including phenoxy) is 1. The van der Waals surface area contributed by atoms with Crippen molar-refractivity contribution in [2.75, 3.05) is 37.7 Å². The predicted octanol–water partition coefficient (Wildman–Crippen LogP) is 4.42. The van der Waals surface area contributed by atoms with E-state index >= 15 is 0 Å². The highest BCUT2D eigenvalue weighted by atomic mass is 19.4. The average Bonchev–Trinajstić information content (AvgIpc) is 2.77. The smallest absolute Gasteiger partial charge is 0.416 e. The van der Waals surface area contributed by atoms with Crippen LogP contribution in [-0.4, -0.2) is 49.4 Å². The molecule has 8 heteroatoms. The number of benzene rings is 2. The molecule has 0 radical (unpaired) electrons. The van der Waals surface area contributed by atoms with E-state index in [4.69, 9.17) is 4.74 Å². The molecule has 1 amide bonds. The van der Waals surface area contributed by atoms with Gasteiger partial charge in [-0.2, -0.15) is 13.2 Å². The van der Waals surface area contributed by atoms with Crippen molar-refractivity contribution in [2.45, 2.75) is 25.9 Å². The molecule has 1 aliphatic rings. The van der Waals surface area contributed by atoms with Crippen molar-refractivity contribution in [3.8, 4) is 5.75 Å². The molecule has 1 saturated heterocycles. The van der Waals surface area contributed by atoms with Gasteiger partial charge in [0.05, 0.1) is 12.2 Å². The summed E-state index contributed by atoms with van der Waals surface area (Å²) in [5.74, 6) is 0.454. The lowest BCUT2D eigenvalue weighted by Crippen LogP contribution is -2.48. The third kappa shape index (κ3) is 5.99. The van der Waals surface area contributed by atoms with Crippen molar-refractivity contribution in [1.82, 2.24) is 4.90 Å². The maximum atomic E-state index is 12.9. The number of piperazine rings is 1. The molecule has 0 aromatic heterocycles. The Kier molecular flexibility index (Phi) is 7.20. The minimum absolute atomic E-state index is 0.107. The zero-order valence-corrected chi connectivity index (χ0v) is 17.3. The molecule has 2 aromatic rings. The first-order chi connectivity index (χ1) is 14.8. The largest absolute Gasteiger partial charge is 0.494 e. The number of carbonyl (C=O) groups is 2. The van der Waals surface area contributed by atoms with E-state index < -0.39 is 11.7 Å². The van der Waals surface area contributed by atoms with Crippen molar-refractivity contribution in [2.24, 2.45) is 0 Å². The average molecular weight is 434 g/mol. The minimum Gasteiger partial charge on any atom is -0.494 e. The second-order valence-corrected chi connectivity index (χ2v) is 7.30. The van der Waals surface area contributed by atoms with E-state index in [-0.39, 0.29) is 24.5 Å². The maximum absolute atomic E-state index is 12.9. The van der Waals surface area contributed by atoms with Crippen molar-refractivity contribution in [1.29, 1.82) is 0 Å². The molecule has 0 N–H and O–H groups in total. The minimum atomic E-state index is -4.39. The molecule has 166 valence electrons. The summed E-state index contributed by atoms with van der Waals surface area (Å²) in [5, 5.41) is 0. The van der Waals surface area contributed by atoms with Crippen molar-refractivity contribution in [3.63, 3.8) is 0 Å². The van der Waals surface area contributed by atoms with Gasteiger partial charge in [-0.3, -0.25) is 9.59 Å². The van der Waals surface area contributed by atoms with E-state index in [0.29, 0.717) is 49.8 Å². The third-order valence-corrected chi connectivity index (χ3v) is 5.22. The molecule has 0 aliphatic carbocycles. The Morgan fingerprint density at radius 3 is 2.26 bits per heavy atom. The summed E-state index contributed by atoms with van der Waals surface area (Å²) in [7, 11) is 0. The molecule has 0 spiro atoms. The SMILES string of the molecule is CCOc1ccc(C(=O)CCC(=O)N2CCN(c3cccc(C(F)(F)F)c3)CC2)cc1. The van der Waals surface area contributed by atoms with Crippen molar-refractivity contribution < 1.29 is 27.5 Å². The summed E-state index contributed by atoms with van der Waals surface area (Å²) in [6.07, 6.45) is -4.17. The van der Waals surface area contributed by atoms with Gasteiger partial charge in [-0.15, -0.1) is 0 Å². The van der Waals surface area contributed by atoms with Crippen LogP contribution in [0.15, 0.2) is 48.5 Å². The molecule has 0 unspecified atom stereocenters. The van der Waals surface area contributed by atoms with Gasteiger partial charge in [0.25, 0.3) is 0 Å². The van der Waals surface area contributed by atoms with E-state index in [1.54, 1.807) is 35.2 Å². The summed E-state index contributed by atoms with van der Waals surface area (Å²) in [6, 6.07) is 12.0. The highest BCUT2D eigenvalue weighted by Crippen LogP contribution is 2.31. The molecule has 0 atom stereocenters. The van der Waals surface area contributed by atoms with Crippen LogP contribution in [0.3, 0.4) is 0 Å². The summed E-state index contributed by atoms with van der Waals surface area (Å²) < 4.78 is 44.1. The lowest BCUT2D eigenvalue weighted by atomic mass is 10.1. The normalized spacial score (nSPS) is 14.5. The number of halogens is 3. The van der Waals surface area contributed by atoms with Crippen LogP contribution < -0.4 is 9.64 Å². The van der Waals surface area contributed by atoms with Crippen LogP contribution in [0.2, 0.25) is 0 Å². The number of Topliss-reactive ketones (excluding diaryl/α,β-unsaturated/α-hetero) is 1. The van der Waals surface area contributed by atoms with Gasteiger partial charge in [0.15, 0.2) is 5.78 Å². The second kappa shape index (κ2) is 9.85. The molecule has 3 rings (SSSR count). The van der Waals surface area contributed by atoms with Gasteiger partial charge in [-0.1, -0.05) is 6.07 Å². The van der Waals surface area contributed by atoms with Gasteiger partial charge in [0.1, 0.15) is 5.75 Å². The summed E-state index contributed by atoms with van der Waals surface area (Å²) >= 11 is 0. The number of rotatable bonds is 7. The molecule has 2 aromatic carbocycles. The highest BCUT2D eigenvalue weighted by Gasteiger charge is 2.31. The zero-order valence-electron chi connectivity index (χ0n) is 17.3. The predicted molar refractivity (Wildman–Crippen MR) is 111 cm³/mol. The first-order valence-corrected chi connectivity index (χ1v) is 10.2. The number of nitrogens with zero attached hydrogens (tertiary/aromatic N) is 2. The fraction of sp³-hybridized carbons (Fsp3) is 0.391. The van der Waals surface area contributed by atoms with Crippen LogP contribution in [0.4, 0.5) is 18.9 Å². The zero-order chi connectivity index (χ0) is 22.4. The molecule has 0 bridgehead atoms. The number of hydrogen-bond acceptors (Lipinski definition) is 4. The van der Waals surface area contributed by atoms with E-state index in [2.05, 4.69) is 0 Å². The Bertz CT molecular complexity index is 905. The number of alkyl halides is 3. The lowest BCUT2D eigenvalue weighted by molar-refractivity contribution is -0.137. The van der Waals surface area contributed by atoms with Gasteiger partial charge in [-0.05, 0) is 49.4 Å². The molecular formula is C23H25F3N2O3. The second-order valence-electron chi connectivity index (χ2n) is 7.30. The van der Waals surface area contributed by atoms with Gasteiger partial charge in [0, 0.05) is 50.3 Å². The molecule has 1 aliphatic heterocycles. The van der Waals surface area contributed by atoms with E-state index in [9.17, 15) is 22.8 Å². The quantitative estimate of drug-likeness (QED) is 0.606. The van der Waals surface area contributed by atoms with Crippen molar-refractivity contribution >= 4 is 17.4 Å². The van der Waals surface area contributed by atoms with Gasteiger partial charge in [-0.25, -0.2) is 0 Å². The Hall–Kier alpha value is -3.03. The Morgan fingerprint density at radius 1 is 0.968 bits per heavy atom. The Balaban J connectivity index is 1.48. The molecule has 1 fully saturated rings. The van der Waals surface area contributed by atoms with E-state index in [0.717, 1.165) is 12.1 Å². The van der Waals surface area contributed by atoms with Crippen LogP contribution >= 0.6 is 0 Å². The summed E-state index contributed by atoms with van der Waals surface area (Å²) in [4.78, 5) is 28.3. The Morgan fingerprint density at radius 2 is 1.65 bits per heavy atom. The first kappa shape index (κ1) is 22.7.